The Bertz CT molecular complexity index is 6220. The minimum absolute atomic E-state index is 0. The summed E-state index contributed by atoms with van der Waals surface area (Å²) in [5, 5.41) is 18.6. The lowest BCUT2D eigenvalue weighted by atomic mass is 9.91. The zero-order valence-corrected chi connectivity index (χ0v) is 74.9. The molecule has 14 rings (SSSR count). The first-order valence-corrected chi connectivity index (χ1v) is 40.3. The number of anilines is 1. The first-order chi connectivity index (χ1) is 62.5. The van der Waals surface area contributed by atoms with E-state index in [0.29, 0.717) is 96.7 Å². The van der Waals surface area contributed by atoms with Crippen molar-refractivity contribution in [3.8, 4) is 85.4 Å². The third-order valence-corrected chi connectivity index (χ3v) is 20.1. The number of nitriles is 1. The van der Waals surface area contributed by atoms with E-state index in [1.54, 1.807) is 114 Å². The minimum Gasteiger partial charge on any atom is -0.493 e. The Labute approximate surface area is 758 Å². The summed E-state index contributed by atoms with van der Waals surface area (Å²) in [7, 11) is 16.1. The highest BCUT2D eigenvalue weighted by atomic mass is 35.5. The van der Waals surface area contributed by atoms with Crippen molar-refractivity contribution < 1.29 is 98.4 Å². The van der Waals surface area contributed by atoms with E-state index < -0.39 is 40.7 Å². The number of nitrogens with one attached hydrogen (secondary N) is 3. The number of benzene rings is 4. The van der Waals surface area contributed by atoms with Crippen molar-refractivity contribution in [1.82, 2.24) is 39.1 Å². The normalized spacial score (nSPS) is 12.8. The van der Waals surface area contributed by atoms with Gasteiger partial charge in [0, 0.05) is 105 Å². The number of fused-ring (bicyclic) bond motifs is 3. The van der Waals surface area contributed by atoms with Crippen LogP contribution in [0.15, 0.2) is 209 Å². The quantitative estimate of drug-likeness (QED) is 0.0210. The Balaban J connectivity index is 0.000000243. The molecule has 8 aromatic heterocycles. The summed E-state index contributed by atoms with van der Waals surface area (Å²) in [4.78, 5) is 112. The van der Waals surface area contributed by atoms with Gasteiger partial charge in [-0.1, -0.05) is 44.2 Å². The van der Waals surface area contributed by atoms with Crippen molar-refractivity contribution in [1.29, 1.82) is 5.26 Å². The van der Waals surface area contributed by atoms with Crippen LogP contribution in [0.1, 0.15) is 79.2 Å². The number of esters is 3. The standard InChI is InChI=1S/C22H20FNO6.C22H25N3O3.C17H14FNO3.C13H15ClO4.C8H8FNO2.C7H5FN2.C5H12N2.CO2.CH4/c1-5-15(25)20-18(12-6-9-16(28-2)17(10-12)29-3)19(22(27)30-4)14-8-7-13(23)11-24(14)21(20)26;1-15-13-24(9-8-23-15)19-6-5-18-10-17(12-22(26)25(18)14-19)16-4-7-20(27-2)21(11-16)28-3;1-21-15-6-3-11(8-16(15)22-2)12-7-14-5-4-13(18)10-19(14)17(20)9-12;1-8(13(15)18-4)12(14)9-5-6-10(16-2)11(7-9)17-3;1-12-8(11)4-7-3-2-6(9)5-10-7;8-6-1-2-7(3-4-9)10-5-6;1-5-4-6-2-3-7-5;2-1-3;/h6-11H,5H2,1-4H3;4-7,10-12,14-15,23H,8-9,13H2,1-3H3;3-10H,1-2H3;5-7H,1-4H3;2-3,5H,4H2,1H3;1-2,5H,3H2;5-7H,2-4H2,1H3;;1H4/b;;;12-8-;;;;;/t;15-;;;;;5-;;/m.0....0../s1. The van der Waals surface area contributed by atoms with Crippen molar-refractivity contribution in [2.45, 2.75) is 66.5 Å². The first-order valence-electron chi connectivity index (χ1n) is 39.9. The molecule has 4 aromatic carbocycles. The largest absolute Gasteiger partial charge is 0.493 e. The average Bonchev–Trinajstić information content (AvgIpc) is 0.735. The van der Waals surface area contributed by atoms with E-state index >= 15 is 0 Å². The van der Waals surface area contributed by atoms with Crippen LogP contribution in [0.4, 0.5) is 23.2 Å². The number of hydrogen-bond donors (Lipinski definition) is 3. The van der Waals surface area contributed by atoms with Crippen molar-refractivity contribution in [2.24, 2.45) is 0 Å². The zero-order valence-electron chi connectivity index (χ0n) is 74.1. The second-order valence-electron chi connectivity index (χ2n) is 28.0. The number of hydrogen-bond acceptors (Lipinski definition) is 27. The van der Waals surface area contributed by atoms with Gasteiger partial charge in [-0.2, -0.15) is 14.9 Å². The molecule has 692 valence electrons. The number of nitrogens with zero attached hydrogens (tertiary/aromatic N) is 7. The van der Waals surface area contributed by atoms with E-state index in [1.807, 2.05) is 54.7 Å². The van der Waals surface area contributed by atoms with Crippen LogP contribution < -0.4 is 75.4 Å². The molecule has 2 aliphatic heterocycles. The number of ether oxygens (including phenoxy) is 11. The molecule has 35 heteroatoms. The molecule has 2 atom stereocenters. The van der Waals surface area contributed by atoms with E-state index in [2.05, 4.69) is 60.2 Å². The molecule has 131 heavy (non-hydrogen) atoms. The van der Waals surface area contributed by atoms with Crippen molar-refractivity contribution in [2.75, 3.05) is 122 Å². The van der Waals surface area contributed by atoms with Gasteiger partial charge in [-0.3, -0.25) is 47.1 Å². The maximum atomic E-state index is 13.9. The van der Waals surface area contributed by atoms with Gasteiger partial charge in [-0.05, 0) is 182 Å². The summed E-state index contributed by atoms with van der Waals surface area (Å²) in [6.45, 7) is 13.8. The molecule has 30 nitrogen and oxygen atoms in total. The van der Waals surface area contributed by atoms with Gasteiger partial charge >= 0.3 is 24.1 Å². The summed E-state index contributed by atoms with van der Waals surface area (Å²) < 4.78 is 112. The van der Waals surface area contributed by atoms with E-state index in [0.717, 1.165) is 102 Å². The SMILES string of the molecule is C.CCC(=O)c1c(-c2ccc(OC)c(OC)c2)c(C(=O)OC)c2ccc(F)cn2c1=O.COC(=O)/C(C)=C(\Cl)c1ccc(OC)c(OC)c1.COC(=O)Cc1ccc(F)cn1.COc1ccc(-c2cc(=O)n3cc(F)ccc3c2)cc1OC.COc1ccc(-c2cc(=O)n3cc(N4CCN[C@@H](C)C4)ccc3c2)cc1OC.C[C@H]1CNCCN1.N#CCc1ccc(F)cn1.O=C=O. The lowest BCUT2D eigenvalue weighted by Crippen LogP contribution is -2.49. The summed E-state index contributed by atoms with van der Waals surface area (Å²) in [5.74, 6) is 0.405. The molecule has 3 N–H and O–H groups in total. The van der Waals surface area contributed by atoms with Gasteiger partial charge in [0.1, 0.15) is 23.3 Å². The van der Waals surface area contributed by atoms with Crippen LogP contribution in [0.2, 0.25) is 0 Å². The second-order valence-corrected chi connectivity index (χ2v) is 28.3. The van der Waals surface area contributed by atoms with Crippen LogP contribution in [0, 0.1) is 34.6 Å². The van der Waals surface area contributed by atoms with Crippen molar-refractivity contribution in [3.05, 3.63) is 277 Å². The molecule has 0 aliphatic carbocycles. The highest BCUT2D eigenvalue weighted by Gasteiger charge is 2.29. The Hall–Kier alpha value is -14.8. The zero-order chi connectivity index (χ0) is 95.3. The van der Waals surface area contributed by atoms with E-state index in [-0.39, 0.29) is 78.0 Å². The number of carbonyl (C=O) groups excluding carboxylic acids is 6. The molecular formula is C96H103ClF4N10O20. The Morgan fingerprint density at radius 2 is 0.969 bits per heavy atom. The van der Waals surface area contributed by atoms with Crippen molar-refractivity contribution >= 4 is 68.7 Å². The molecule has 0 amide bonds. The smallest absolute Gasteiger partial charge is 0.373 e. The Kier molecular flexibility index (Phi) is 42.1. The molecule has 2 aliphatic rings. The predicted molar refractivity (Wildman–Crippen MR) is 488 cm³/mol. The molecular weight excluding hydrogens is 1720 g/mol. The van der Waals surface area contributed by atoms with Crippen LogP contribution >= 0.6 is 11.6 Å². The van der Waals surface area contributed by atoms with Crippen LogP contribution in [-0.4, -0.2) is 183 Å². The fourth-order valence-electron chi connectivity index (χ4n) is 13.0. The number of aromatic nitrogens is 5. The number of Topliss-reactive ketones (excluding diaryl/α,β-unsaturated/α-hetero) is 1. The number of methoxy groups -OCH3 is 11. The molecule has 0 saturated carbocycles. The lowest BCUT2D eigenvalue weighted by Gasteiger charge is -2.33. The van der Waals surface area contributed by atoms with Gasteiger partial charge in [0.15, 0.2) is 51.8 Å². The molecule has 12 aromatic rings. The van der Waals surface area contributed by atoms with Crippen LogP contribution in [0.25, 0.3) is 55.0 Å². The molecule has 10 heterocycles. The highest BCUT2D eigenvalue weighted by Crippen LogP contribution is 2.39. The van der Waals surface area contributed by atoms with Gasteiger partial charge in [-0.15, -0.1) is 0 Å². The first kappa shape index (κ1) is 105. The number of halogens is 5. The Morgan fingerprint density at radius 3 is 1.42 bits per heavy atom. The van der Waals surface area contributed by atoms with Crippen LogP contribution in [0.3, 0.4) is 0 Å². The third-order valence-electron chi connectivity index (χ3n) is 19.6. The molecule has 0 unspecified atom stereocenters. The summed E-state index contributed by atoms with van der Waals surface area (Å²) >= 11 is 6.14. The molecule has 0 radical (unpaired) electrons. The number of rotatable bonds is 20. The predicted octanol–water partition coefficient (Wildman–Crippen LogP) is 14.1. The molecule has 0 bridgehead atoms. The highest BCUT2D eigenvalue weighted by molar-refractivity contribution is 6.50. The maximum absolute atomic E-state index is 13.9. The summed E-state index contributed by atoms with van der Waals surface area (Å²) in [6.07, 6.45) is 6.80. The van der Waals surface area contributed by atoms with E-state index in [9.17, 15) is 51.1 Å². The minimum atomic E-state index is -0.769. The number of ketones is 1. The summed E-state index contributed by atoms with van der Waals surface area (Å²) in [5.41, 5.74) is 7.27. The van der Waals surface area contributed by atoms with Gasteiger partial charge in [-0.25, -0.2) is 27.2 Å². The monoisotopic (exact) mass is 1830 g/mol. The number of carbonyl (C=O) groups is 4. The van der Waals surface area contributed by atoms with E-state index in [4.69, 9.17) is 69.1 Å². The maximum Gasteiger partial charge on any atom is 0.373 e. The summed E-state index contributed by atoms with van der Waals surface area (Å²) in [6, 6.07) is 46.0. The fourth-order valence-corrected chi connectivity index (χ4v) is 13.2. The second kappa shape index (κ2) is 52.5. The molecule has 2 saturated heterocycles. The third kappa shape index (κ3) is 29.1. The fraction of sp³-hybridized carbons (Fsp3) is 0.281. The number of piperazine rings is 2. The average molecular weight is 1830 g/mol. The van der Waals surface area contributed by atoms with Gasteiger partial charge < -0.3 is 73.0 Å². The van der Waals surface area contributed by atoms with Gasteiger partial charge in [0.2, 0.25) is 0 Å². The van der Waals surface area contributed by atoms with Crippen LogP contribution in [-0.2, 0) is 46.2 Å². The number of pyridine rings is 8. The molecule has 0 spiro atoms. The van der Waals surface area contributed by atoms with Crippen LogP contribution in [0.5, 0.6) is 46.0 Å². The van der Waals surface area contributed by atoms with Gasteiger partial charge in [0.25, 0.3) is 16.7 Å². The van der Waals surface area contributed by atoms with Crippen molar-refractivity contribution in [3.63, 3.8) is 0 Å². The van der Waals surface area contributed by atoms with E-state index in [1.165, 1.54) is 95.7 Å². The topological polar surface area (TPSA) is 357 Å². The lowest BCUT2D eigenvalue weighted by molar-refractivity contribution is -0.191. The molecule has 2 fully saturated rings. The Morgan fingerprint density at radius 1 is 0.504 bits per heavy atom. The van der Waals surface area contributed by atoms with Gasteiger partial charge in [0.05, 0.1) is 154 Å².